The van der Waals surface area contributed by atoms with Gasteiger partial charge < -0.3 is 10.2 Å². The summed E-state index contributed by atoms with van der Waals surface area (Å²) in [5, 5.41) is 2.38. The molecule has 3 aromatic rings. The molecule has 3 rings (SSSR count). The number of hydrogen-bond donors (Lipinski definition) is 1. The van der Waals surface area contributed by atoms with E-state index in [-0.39, 0.29) is 11.4 Å². The third-order valence-corrected chi connectivity index (χ3v) is 3.69. The van der Waals surface area contributed by atoms with Gasteiger partial charge >= 0.3 is 0 Å². The highest BCUT2D eigenvalue weighted by molar-refractivity contribution is 6.03. The fourth-order valence-electron chi connectivity index (χ4n) is 2.30. The summed E-state index contributed by atoms with van der Waals surface area (Å²) in [6.45, 7) is 0. The molecule has 0 aliphatic heterocycles. The van der Waals surface area contributed by atoms with Gasteiger partial charge in [-0.05, 0) is 36.4 Å². The molecule has 1 amide bonds. The first-order valence-corrected chi connectivity index (χ1v) is 7.56. The van der Waals surface area contributed by atoms with E-state index in [4.69, 9.17) is 0 Å². The summed E-state index contributed by atoms with van der Waals surface area (Å²) < 4.78 is 26.5. The van der Waals surface area contributed by atoms with Crippen molar-refractivity contribution in [3.05, 3.63) is 84.2 Å². The van der Waals surface area contributed by atoms with Gasteiger partial charge in [0.05, 0.1) is 17.6 Å². The van der Waals surface area contributed by atoms with E-state index in [9.17, 15) is 13.6 Å². The van der Waals surface area contributed by atoms with Crippen molar-refractivity contribution in [1.82, 2.24) is 4.98 Å². The Morgan fingerprint density at radius 3 is 2.40 bits per heavy atom. The minimum Gasteiger partial charge on any atom is -0.343 e. The van der Waals surface area contributed by atoms with Crippen molar-refractivity contribution in [3.8, 4) is 0 Å². The number of carbonyl (C=O) groups is 1. The summed E-state index contributed by atoms with van der Waals surface area (Å²) in [5.74, 6) is -2.12. The molecule has 4 nitrogen and oxygen atoms in total. The van der Waals surface area contributed by atoms with Crippen molar-refractivity contribution < 1.29 is 13.6 Å². The second kappa shape index (κ2) is 7.09. The van der Waals surface area contributed by atoms with Crippen LogP contribution in [0.5, 0.6) is 0 Å². The number of aromatic nitrogens is 1. The molecule has 1 aromatic heterocycles. The zero-order valence-corrected chi connectivity index (χ0v) is 13.4. The lowest BCUT2D eigenvalue weighted by atomic mass is 10.2. The number of nitrogens with zero attached hydrogens (tertiary/aromatic N) is 2. The van der Waals surface area contributed by atoms with E-state index in [1.807, 2.05) is 42.3 Å². The Morgan fingerprint density at radius 1 is 1.00 bits per heavy atom. The number of hydrogen-bond acceptors (Lipinski definition) is 3. The number of anilines is 3. The number of nitrogens with one attached hydrogen (secondary N) is 1. The normalized spacial score (nSPS) is 10.4. The van der Waals surface area contributed by atoms with Gasteiger partial charge in [0.2, 0.25) is 0 Å². The van der Waals surface area contributed by atoms with Crippen LogP contribution in [0.25, 0.3) is 0 Å². The number of rotatable bonds is 4. The Hall–Kier alpha value is -3.28. The lowest BCUT2D eigenvalue weighted by Crippen LogP contribution is -2.15. The molecule has 25 heavy (non-hydrogen) atoms. The van der Waals surface area contributed by atoms with E-state index in [2.05, 4.69) is 10.3 Å². The predicted octanol–water partition coefficient (Wildman–Crippen LogP) is 4.38. The van der Waals surface area contributed by atoms with E-state index in [1.165, 1.54) is 6.07 Å². The largest absolute Gasteiger partial charge is 0.343 e. The summed E-state index contributed by atoms with van der Waals surface area (Å²) in [6, 6.07) is 15.9. The summed E-state index contributed by atoms with van der Waals surface area (Å²) in [4.78, 5) is 18.2. The summed E-state index contributed by atoms with van der Waals surface area (Å²) in [7, 11) is 1.89. The van der Waals surface area contributed by atoms with Crippen molar-refractivity contribution in [2.75, 3.05) is 17.3 Å². The molecule has 2 aromatic carbocycles. The van der Waals surface area contributed by atoms with Crippen molar-refractivity contribution >= 4 is 23.0 Å². The molecule has 0 aliphatic rings. The molecule has 0 spiro atoms. The van der Waals surface area contributed by atoms with Crippen LogP contribution in [0.4, 0.5) is 25.8 Å². The van der Waals surface area contributed by atoms with Crippen LogP contribution >= 0.6 is 0 Å². The lowest BCUT2D eigenvalue weighted by molar-refractivity contribution is 0.102. The Labute approximate surface area is 143 Å². The highest BCUT2D eigenvalue weighted by Gasteiger charge is 2.12. The molecule has 1 heterocycles. The smallest absolute Gasteiger partial charge is 0.274 e. The van der Waals surface area contributed by atoms with Crippen LogP contribution in [0.1, 0.15) is 10.5 Å². The molecule has 0 atom stereocenters. The van der Waals surface area contributed by atoms with Crippen LogP contribution in [0, 0.1) is 11.6 Å². The molecule has 0 bridgehead atoms. The Balaban J connectivity index is 1.74. The number of carbonyl (C=O) groups excluding carboxylic acids is 1. The molecular formula is C19H15F2N3O. The van der Waals surface area contributed by atoms with Gasteiger partial charge in [0.1, 0.15) is 17.3 Å². The molecule has 6 heteroatoms. The zero-order chi connectivity index (χ0) is 17.8. The standard InChI is InChI=1S/C19H15F2N3O/c1-24(14-5-3-2-4-6-14)15-8-10-18(22-12-15)19(25)23-17-9-7-13(20)11-16(17)21/h2-12H,1H3,(H,23,25). The van der Waals surface area contributed by atoms with Gasteiger partial charge in [-0.15, -0.1) is 0 Å². The van der Waals surface area contributed by atoms with Crippen LogP contribution in [-0.2, 0) is 0 Å². The van der Waals surface area contributed by atoms with Gasteiger partial charge in [0.25, 0.3) is 5.91 Å². The van der Waals surface area contributed by atoms with E-state index >= 15 is 0 Å². The highest BCUT2D eigenvalue weighted by Crippen LogP contribution is 2.22. The molecule has 0 radical (unpaired) electrons. The van der Waals surface area contributed by atoms with E-state index < -0.39 is 17.5 Å². The fourth-order valence-corrected chi connectivity index (χ4v) is 2.30. The first kappa shape index (κ1) is 16.6. The zero-order valence-electron chi connectivity index (χ0n) is 13.4. The van der Waals surface area contributed by atoms with Gasteiger partial charge in [-0.2, -0.15) is 0 Å². The van der Waals surface area contributed by atoms with Crippen molar-refractivity contribution in [2.45, 2.75) is 0 Å². The van der Waals surface area contributed by atoms with Crippen molar-refractivity contribution in [3.63, 3.8) is 0 Å². The second-order valence-electron chi connectivity index (χ2n) is 5.37. The monoisotopic (exact) mass is 339 g/mol. The van der Waals surface area contributed by atoms with E-state index in [0.29, 0.717) is 6.07 Å². The molecule has 0 aliphatic carbocycles. The van der Waals surface area contributed by atoms with Gasteiger partial charge in [-0.3, -0.25) is 4.79 Å². The number of amides is 1. The Morgan fingerprint density at radius 2 is 1.76 bits per heavy atom. The molecule has 0 fully saturated rings. The van der Waals surface area contributed by atoms with Crippen molar-refractivity contribution in [1.29, 1.82) is 0 Å². The molecular weight excluding hydrogens is 324 g/mol. The summed E-state index contributed by atoms with van der Waals surface area (Å²) in [6.07, 6.45) is 1.56. The van der Waals surface area contributed by atoms with Crippen LogP contribution in [-0.4, -0.2) is 17.9 Å². The average molecular weight is 339 g/mol. The molecule has 0 unspecified atom stereocenters. The molecule has 0 saturated heterocycles. The van der Waals surface area contributed by atoms with Gasteiger partial charge in [0.15, 0.2) is 0 Å². The van der Waals surface area contributed by atoms with Crippen LogP contribution < -0.4 is 10.2 Å². The van der Waals surface area contributed by atoms with Gasteiger partial charge in [-0.1, -0.05) is 18.2 Å². The Bertz CT molecular complexity index is 883. The van der Waals surface area contributed by atoms with Crippen molar-refractivity contribution in [2.24, 2.45) is 0 Å². The number of benzene rings is 2. The van der Waals surface area contributed by atoms with E-state index in [1.54, 1.807) is 18.3 Å². The fraction of sp³-hybridized carbons (Fsp3) is 0.0526. The maximum Gasteiger partial charge on any atom is 0.274 e. The van der Waals surface area contributed by atoms with Gasteiger partial charge in [0, 0.05) is 18.8 Å². The predicted molar refractivity (Wildman–Crippen MR) is 93.1 cm³/mol. The number of halogens is 2. The quantitative estimate of drug-likeness (QED) is 0.767. The second-order valence-corrected chi connectivity index (χ2v) is 5.37. The average Bonchev–Trinajstić information content (AvgIpc) is 2.64. The minimum absolute atomic E-state index is 0.0984. The first-order chi connectivity index (χ1) is 12.0. The maximum atomic E-state index is 13.6. The molecule has 1 N–H and O–H groups in total. The van der Waals surface area contributed by atoms with Gasteiger partial charge in [-0.25, -0.2) is 13.8 Å². The Kier molecular flexibility index (Phi) is 4.70. The van der Waals surface area contributed by atoms with E-state index in [0.717, 1.165) is 17.4 Å². The number of pyridine rings is 1. The third-order valence-electron chi connectivity index (χ3n) is 3.69. The van der Waals surface area contributed by atoms with Crippen LogP contribution in [0.2, 0.25) is 0 Å². The topological polar surface area (TPSA) is 45.2 Å². The first-order valence-electron chi connectivity index (χ1n) is 7.56. The highest BCUT2D eigenvalue weighted by atomic mass is 19.1. The maximum absolute atomic E-state index is 13.6. The van der Waals surface area contributed by atoms with Crippen LogP contribution in [0.15, 0.2) is 66.9 Å². The lowest BCUT2D eigenvalue weighted by Gasteiger charge is -2.19. The third kappa shape index (κ3) is 3.80. The molecule has 126 valence electrons. The minimum atomic E-state index is -0.839. The number of para-hydroxylation sites is 1. The summed E-state index contributed by atoms with van der Waals surface area (Å²) >= 11 is 0. The SMILES string of the molecule is CN(c1ccccc1)c1ccc(C(=O)Nc2ccc(F)cc2F)nc1. The summed E-state index contributed by atoms with van der Waals surface area (Å²) in [5.41, 5.74) is 1.82. The molecule has 0 saturated carbocycles. The van der Waals surface area contributed by atoms with Crippen LogP contribution in [0.3, 0.4) is 0 Å².